The molecular formula is C79H124N6O20S3. The second-order valence-corrected chi connectivity index (χ2v) is 35.9. The number of ketones is 4. The largest absolute Gasteiger partial charge is 0.488 e. The molecule has 0 bridgehead atoms. The third-order valence-corrected chi connectivity index (χ3v) is 19.6. The molecule has 1 aliphatic heterocycles. The first-order valence-electron chi connectivity index (χ1n) is 37.3. The second-order valence-electron chi connectivity index (χ2n) is 32.1. The topological polar surface area (TPSA) is 351 Å². The second kappa shape index (κ2) is 46.3. The molecule has 608 valence electrons. The summed E-state index contributed by atoms with van der Waals surface area (Å²) in [5, 5.41) is 16.5. The van der Waals surface area contributed by atoms with Crippen molar-refractivity contribution in [3.63, 3.8) is 0 Å². The number of hydrogen-bond donors (Lipinski definition) is 6. The van der Waals surface area contributed by atoms with Gasteiger partial charge in [0.05, 0.1) is 73.4 Å². The van der Waals surface area contributed by atoms with Gasteiger partial charge in [0.15, 0.2) is 23.1 Å². The molecule has 1 heterocycles. The number of hydrogen-bond acceptors (Lipinski definition) is 23. The van der Waals surface area contributed by atoms with Crippen LogP contribution in [0.4, 0.5) is 4.79 Å². The predicted molar refractivity (Wildman–Crippen MR) is 419 cm³/mol. The maximum Gasteiger partial charge on any atom is 0.408 e. The van der Waals surface area contributed by atoms with Gasteiger partial charge in [-0.2, -0.15) is 11.8 Å². The lowest BCUT2D eigenvalue weighted by Gasteiger charge is -2.33. The molecule has 6 amide bonds. The molecule has 0 saturated carbocycles. The Bertz CT molecular complexity index is 3230. The highest BCUT2D eigenvalue weighted by Crippen LogP contribution is 2.27. The van der Waals surface area contributed by atoms with E-state index in [2.05, 4.69) is 31.9 Å². The van der Waals surface area contributed by atoms with Crippen LogP contribution in [0.25, 0.3) is 0 Å². The summed E-state index contributed by atoms with van der Waals surface area (Å²) in [7, 11) is 3.04. The van der Waals surface area contributed by atoms with Gasteiger partial charge in [0.2, 0.25) is 29.5 Å². The average Bonchev–Trinajstić information content (AvgIpc) is 0.836. The molecule has 0 radical (unpaired) electrons. The number of ether oxygens (including phenoxy) is 8. The Hall–Kier alpha value is -6.63. The molecule has 2 aromatic carbocycles. The maximum atomic E-state index is 15.4. The third kappa shape index (κ3) is 39.3. The average molecular weight is 1570 g/mol. The molecule has 29 heteroatoms. The van der Waals surface area contributed by atoms with Gasteiger partial charge in [0, 0.05) is 50.2 Å². The molecule has 26 nitrogen and oxygen atoms in total. The number of amides is 6. The fourth-order valence-electron chi connectivity index (χ4n) is 11.1. The van der Waals surface area contributed by atoms with Crippen LogP contribution in [0.3, 0.4) is 0 Å². The molecule has 0 aromatic heterocycles. The number of carbonyl (C=O) groups excluding carboxylic acids is 12. The number of alkyl carbamates (subject to hydrolysis) is 1. The van der Waals surface area contributed by atoms with E-state index < -0.39 is 191 Å². The number of Topliss-reactive ketones (excluding diaryl/α,β-unsaturated/α-hetero) is 4. The van der Waals surface area contributed by atoms with E-state index in [1.807, 2.05) is 40.9 Å². The van der Waals surface area contributed by atoms with Crippen molar-refractivity contribution in [2.45, 2.75) is 266 Å². The van der Waals surface area contributed by atoms with Crippen LogP contribution < -0.4 is 36.6 Å². The van der Waals surface area contributed by atoms with Gasteiger partial charge >= 0.3 is 18.0 Å². The van der Waals surface area contributed by atoms with E-state index in [0.29, 0.717) is 41.2 Å². The first kappa shape index (κ1) is 95.6. The van der Waals surface area contributed by atoms with Gasteiger partial charge in [-0.05, 0) is 171 Å². The lowest BCUT2D eigenvalue weighted by Crippen LogP contribution is -2.58. The molecule has 1 fully saturated rings. The predicted octanol–water partition coefficient (Wildman–Crippen LogP) is 9.58. The molecule has 3 rings (SSSR count). The molecule has 0 spiro atoms. The SMILES string of the molecule is CCSSC[C@H](NC(=O)OC(C)(C)C)C(=O)CCCOCCOCC(=O)N[C@@H](Cc1ccc(OC(C)(C)C)cc1)C(=O)C[C@@H](COC(C)(C)C)C(=O)N[C@H](C(=O)C[C@H]1COC(=O)[C@H](CCSC)CC(=O)[C@H](C(C)CC)NC(=O)[C@H](Cc2ccccc2)NC(=O)[C@H](CC(=O)OC(C)(C)C)NC1=O)C(C)OC(C)(C)C. The van der Waals surface area contributed by atoms with E-state index >= 15 is 19.2 Å². The van der Waals surface area contributed by atoms with Gasteiger partial charge in [-0.25, -0.2) is 4.79 Å². The molecule has 1 aliphatic rings. The van der Waals surface area contributed by atoms with Crippen molar-refractivity contribution in [1.82, 2.24) is 31.9 Å². The highest BCUT2D eigenvalue weighted by molar-refractivity contribution is 8.76. The van der Waals surface area contributed by atoms with Gasteiger partial charge in [-0.1, -0.05) is 91.2 Å². The molecule has 6 N–H and O–H groups in total. The Balaban J connectivity index is 2.08. The zero-order chi connectivity index (χ0) is 81.3. The summed E-state index contributed by atoms with van der Waals surface area (Å²) in [6.45, 7) is 31.8. The zero-order valence-corrected chi connectivity index (χ0v) is 69.8. The van der Waals surface area contributed by atoms with E-state index in [1.165, 1.54) is 29.5 Å². The van der Waals surface area contributed by atoms with Crippen molar-refractivity contribution >= 4 is 104 Å². The fourth-order valence-corrected chi connectivity index (χ4v) is 13.5. The number of rotatable bonds is 40. The minimum absolute atomic E-state index is 0.0356. The van der Waals surface area contributed by atoms with Gasteiger partial charge in [0.1, 0.15) is 59.9 Å². The number of benzene rings is 2. The van der Waals surface area contributed by atoms with Crippen molar-refractivity contribution < 1.29 is 95.4 Å². The molecular weight excluding hydrogens is 1450 g/mol. The maximum absolute atomic E-state index is 15.4. The summed E-state index contributed by atoms with van der Waals surface area (Å²) < 4.78 is 47.0. The lowest BCUT2D eigenvalue weighted by molar-refractivity contribution is -0.157. The van der Waals surface area contributed by atoms with Gasteiger partial charge < -0.3 is 69.8 Å². The Kier molecular flexibility index (Phi) is 40.9. The molecule has 108 heavy (non-hydrogen) atoms. The highest BCUT2D eigenvalue weighted by Gasteiger charge is 2.41. The highest BCUT2D eigenvalue weighted by atomic mass is 33.1. The van der Waals surface area contributed by atoms with Crippen molar-refractivity contribution in [2.75, 3.05) is 63.2 Å². The molecule has 1 saturated heterocycles. The summed E-state index contributed by atoms with van der Waals surface area (Å²) in [6, 6.07) is 7.78. The quantitative estimate of drug-likeness (QED) is 0.0156. The first-order chi connectivity index (χ1) is 50.3. The minimum Gasteiger partial charge on any atom is -0.488 e. The van der Waals surface area contributed by atoms with Crippen molar-refractivity contribution in [1.29, 1.82) is 0 Å². The van der Waals surface area contributed by atoms with Crippen LogP contribution in [-0.4, -0.2) is 204 Å². The van der Waals surface area contributed by atoms with Crippen LogP contribution in [0.1, 0.15) is 194 Å². The van der Waals surface area contributed by atoms with Crippen LogP contribution in [0.2, 0.25) is 0 Å². The fraction of sp³-hybridized carbons (Fsp3) is 0.696. The number of nitrogens with one attached hydrogen (secondary N) is 6. The van der Waals surface area contributed by atoms with E-state index in [1.54, 1.807) is 155 Å². The summed E-state index contributed by atoms with van der Waals surface area (Å²) in [5.74, 6) is -10.6. The van der Waals surface area contributed by atoms with Crippen LogP contribution in [0.5, 0.6) is 5.75 Å². The van der Waals surface area contributed by atoms with Crippen LogP contribution in [-0.2, 0) is 98.7 Å². The lowest BCUT2D eigenvalue weighted by atomic mass is 9.88. The van der Waals surface area contributed by atoms with Gasteiger partial charge in [0.25, 0.3) is 0 Å². The monoisotopic (exact) mass is 1570 g/mol. The Labute approximate surface area is 652 Å². The number of carbonyl (C=O) groups is 12. The van der Waals surface area contributed by atoms with Crippen LogP contribution >= 0.6 is 33.3 Å². The Morgan fingerprint density at radius 1 is 0.630 bits per heavy atom. The summed E-state index contributed by atoms with van der Waals surface area (Å²) in [6.07, 6.45) is -1.62. The minimum atomic E-state index is -1.78. The van der Waals surface area contributed by atoms with Crippen LogP contribution in [0.15, 0.2) is 54.6 Å². The van der Waals surface area contributed by atoms with Gasteiger partial charge in [-0.15, -0.1) is 0 Å². The third-order valence-electron chi connectivity index (χ3n) is 16.4. The van der Waals surface area contributed by atoms with Gasteiger partial charge in [-0.3, -0.25) is 52.7 Å². The molecule has 11 atom stereocenters. The standard InChI is InChI=1S/C79H124N6O20S3/c1-21-49(3)67-63(88)41-53(34-38-106-20)73(96)100-45-54(69(92)81-59(44-66(91)104-78(14,15)16)71(94)82-58(72(95)84-67)40-51-27-24-23-25-28-51)43-64(89)68(50(4)102-76(8,9)10)85-70(93)55(46-101-75(5,6)7)42-62(87)57(39-52-30-32-56(33-31-52)103-77(11,12)13)80-65(90)47-99-37-36-98-35-26-29-61(86)60(48-108-107-22-2)83-74(97)105-79(17,18)19/h23-25,27-28,30-33,49-50,53-55,57-60,67-68H,21-22,26,29,34-48H2,1-20H3,(H,80,90)(H,81,92)(H,82,94)(H,83,97)(H,84,95)(H,85,93)/t49?,50?,53-,54+,55+,57+,58+,59+,60+,67+,68+/m1/s1. The zero-order valence-electron chi connectivity index (χ0n) is 67.4. The summed E-state index contributed by atoms with van der Waals surface area (Å²) in [5.41, 5.74) is -2.94. The first-order valence-corrected chi connectivity index (χ1v) is 41.2. The van der Waals surface area contributed by atoms with E-state index in [-0.39, 0.29) is 64.3 Å². The summed E-state index contributed by atoms with van der Waals surface area (Å²) in [4.78, 5) is 173. The molecule has 0 aliphatic carbocycles. The van der Waals surface area contributed by atoms with Crippen molar-refractivity contribution in [2.24, 2.45) is 23.7 Å². The smallest absolute Gasteiger partial charge is 0.408 e. The molecule has 2 unspecified atom stereocenters. The van der Waals surface area contributed by atoms with Crippen molar-refractivity contribution in [3.8, 4) is 5.75 Å². The molecule has 2 aromatic rings. The number of cyclic esters (lactones) is 1. The Morgan fingerprint density at radius 3 is 1.85 bits per heavy atom. The summed E-state index contributed by atoms with van der Waals surface area (Å²) >= 11 is 1.41. The number of thioether (sulfide) groups is 1. The van der Waals surface area contributed by atoms with Crippen molar-refractivity contribution in [3.05, 3.63) is 65.7 Å². The van der Waals surface area contributed by atoms with E-state index in [0.717, 1.165) is 5.75 Å². The van der Waals surface area contributed by atoms with Crippen LogP contribution in [0, 0.1) is 23.7 Å². The normalized spacial score (nSPS) is 19.1. The van der Waals surface area contributed by atoms with E-state index in [4.69, 9.17) is 37.9 Å². The number of esters is 2. The van der Waals surface area contributed by atoms with E-state index in [9.17, 15) is 38.4 Å². The Morgan fingerprint density at radius 2 is 1.26 bits per heavy atom.